The fourth-order valence-corrected chi connectivity index (χ4v) is 2.76. The van der Waals surface area contributed by atoms with Gasteiger partial charge in [0.15, 0.2) is 0 Å². The Morgan fingerprint density at radius 2 is 2.05 bits per heavy atom. The minimum Gasteiger partial charge on any atom is -0.492 e. The van der Waals surface area contributed by atoms with E-state index in [2.05, 4.69) is 44.3 Å². The monoisotopic (exact) mass is 277 g/mol. The molecule has 0 radical (unpaired) electrons. The largest absolute Gasteiger partial charge is 0.492 e. The molecule has 3 heteroatoms. The van der Waals surface area contributed by atoms with Crippen molar-refractivity contribution in [2.75, 3.05) is 26.4 Å². The maximum Gasteiger partial charge on any atom is 0.119 e. The van der Waals surface area contributed by atoms with Crippen LogP contribution in [0.5, 0.6) is 5.75 Å². The van der Waals surface area contributed by atoms with Crippen molar-refractivity contribution < 1.29 is 9.47 Å². The van der Waals surface area contributed by atoms with Crippen LogP contribution in [-0.2, 0) is 4.74 Å². The molecule has 20 heavy (non-hydrogen) atoms. The summed E-state index contributed by atoms with van der Waals surface area (Å²) in [7, 11) is 0. The van der Waals surface area contributed by atoms with Crippen LogP contribution in [0.3, 0.4) is 0 Å². The Balaban J connectivity index is 1.92. The van der Waals surface area contributed by atoms with Gasteiger partial charge in [-0.2, -0.15) is 0 Å². The van der Waals surface area contributed by atoms with Gasteiger partial charge in [0.25, 0.3) is 0 Å². The first kappa shape index (κ1) is 15.3. The third-order valence-corrected chi connectivity index (χ3v) is 3.82. The molecule has 2 unspecified atom stereocenters. The molecular formula is C17H27NO2. The molecule has 112 valence electrons. The lowest BCUT2D eigenvalue weighted by Crippen LogP contribution is -2.41. The Kier molecular flexibility index (Phi) is 5.86. The van der Waals surface area contributed by atoms with Crippen molar-refractivity contribution in [2.45, 2.75) is 39.7 Å². The Labute approximate surface area is 122 Å². The van der Waals surface area contributed by atoms with E-state index in [1.165, 1.54) is 11.1 Å². The van der Waals surface area contributed by atoms with Crippen LogP contribution in [0.1, 0.15) is 30.9 Å². The number of hydrogen-bond acceptors (Lipinski definition) is 3. The van der Waals surface area contributed by atoms with Crippen LogP contribution >= 0.6 is 0 Å². The quantitative estimate of drug-likeness (QED) is 0.831. The van der Waals surface area contributed by atoms with Gasteiger partial charge in [0.2, 0.25) is 0 Å². The van der Waals surface area contributed by atoms with E-state index in [9.17, 15) is 0 Å². The second-order valence-electron chi connectivity index (χ2n) is 5.82. The molecule has 1 aliphatic rings. The Morgan fingerprint density at radius 1 is 1.30 bits per heavy atom. The molecule has 1 aromatic rings. The zero-order chi connectivity index (χ0) is 14.4. The number of ether oxygens (including phenoxy) is 2. The predicted octanol–water partition coefficient (Wildman–Crippen LogP) is 3.09. The molecule has 0 saturated carbocycles. The molecule has 0 bridgehead atoms. The molecule has 2 rings (SSSR count). The molecule has 0 aromatic heterocycles. The lowest BCUT2D eigenvalue weighted by atomic mass is 9.99. The summed E-state index contributed by atoms with van der Waals surface area (Å²) in [6, 6.07) is 6.77. The van der Waals surface area contributed by atoms with Crippen molar-refractivity contribution >= 4 is 0 Å². The maximum atomic E-state index is 6.02. The van der Waals surface area contributed by atoms with E-state index in [1.54, 1.807) is 0 Å². The SMILES string of the molecule is CCCNC(COc1cc(C)cc(C)c1)C1CCOC1. The van der Waals surface area contributed by atoms with Gasteiger partial charge in [0.1, 0.15) is 12.4 Å². The first-order valence-electron chi connectivity index (χ1n) is 7.71. The zero-order valence-corrected chi connectivity index (χ0v) is 12.9. The molecule has 2 atom stereocenters. The first-order chi connectivity index (χ1) is 9.69. The second kappa shape index (κ2) is 7.65. The molecule has 3 nitrogen and oxygen atoms in total. The van der Waals surface area contributed by atoms with Gasteiger partial charge in [0.05, 0.1) is 6.61 Å². The van der Waals surface area contributed by atoms with Gasteiger partial charge >= 0.3 is 0 Å². The minimum atomic E-state index is 0.387. The van der Waals surface area contributed by atoms with E-state index in [1.807, 2.05) is 0 Å². The Hall–Kier alpha value is -1.06. The third-order valence-electron chi connectivity index (χ3n) is 3.82. The molecule has 1 N–H and O–H groups in total. The summed E-state index contributed by atoms with van der Waals surface area (Å²) >= 11 is 0. The number of rotatable bonds is 7. The highest BCUT2D eigenvalue weighted by Gasteiger charge is 2.25. The van der Waals surface area contributed by atoms with E-state index < -0.39 is 0 Å². The number of nitrogens with one attached hydrogen (secondary N) is 1. The first-order valence-corrected chi connectivity index (χ1v) is 7.71. The van der Waals surface area contributed by atoms with Gasteiger partial charge in [-0.25, -0.2) is 0 Å². The normalized spacial score (nSPS) is 20.1. The summed E-state index contributed by atoms with van der Waals surface area (Å²) in [5.41, 5.74) is 2.50. The highest BCUT2D eigenvalue weighted by atomic mass is 16.5. The molecule has 1 fully saturated rings. The smallest absolute Gasteiger partial charge is 0.119 e. The van der Waals surface area contributed by atoms with E-state index in [0.29, 0.717) is 12.0 Å². The summed E-state index contributed by atoms with van der Waals surface area (Å²) < 4.78 is 11.5. The highest BCUT2D eigenvalue weighted by molar-refractivity contribution is 5.33. The van der Waals surface area contributed by atoms with E-state index in [-0.39, 0.29) is 0 Å². The van der Waals surface area contributed by atoms with Crippen LogP contribution in [0.4, 0.5) is 0 Å². The minimum absolute atomic E-state index is 0.387. The molecule has 1 heterocycles. The van der Waals surface area contributed by atoms with Gasteiger partial charge in [-0.15, -0.1) is 0 Å². The van der Waals surface area contributed by atoms with Crippen LogP contribution in [0.15, 0.2) is 18.2 Å². The van der Waals surface area contributed by atoms with Crippen LogP contribution in [0.25, 0.3) is 0 Å². The van der Waals surface area contributed by atoms with Crippen LogP contribution in [-0.4, -0.2) is 32.4 Å². The van der Waals surface area contributed by atoms with Crippen LogP contribution in [0.2, 0.25) is 0 Å². The fourth-order valence-electron chi connectivity index (χ4n) is 2.76. The molecular weight excluding hydrogens is 250 g/mol. The zero-order valence-electron chi connectivity index (χ0n) is 12.9. The Morgan fingerprint density at radius 3 is 2.65 bits per heavy atom. The van der Waals surface area contributed by atoms with E-state index in [4.69, 9.17) is 9.47 Å². The van der Waals surface area contributed by atoms with Crippen molar-refractivity contribution in [3.8, 4) is 5.75 Å². The predicted molar refractivity (Wildman–Crippen MR) is 82.4 cm³/mol. The van der Waals surface area contributed by atoms with Crippen molar-refractivity contribution in [1.82, 2.24) is 5.32 Å². The van der Waals surface area contributed by atoms with Crippen LogP contribution in [0, 0.1) is 19.8 Å². The molecule has 1 saturated heterocycles. The molecule has 0 spiro atoms. The van der Waals surface area contributed by atoms with Gasteiger partial charge < -0.3 is 14.8 Å². The summed E-state index contributed by atoms with van der Waals surface area (Å²) in [5, 5.41) is 3.61. The van der Waals surface area contributed by atoms with Crippen molar-refractivity contribution in [1.29, 1.82) is 0 Å². The van der Waals surface area contributed by atoms with E-state index in [0.717, 1.165) is 45.0 Å². The molecule has 1 aliphatic heterocycles. The molecule has 0 aliphatic carbocycles. The van der Waals surface area contributed by atoms with Crippen LogP contribution < -0.4 is 10.1 Å². The second-order valence-corrected chi connectivity index (χ2v) is 5.82. The fraction of sp³-hybridized carbons (Fsp3) is 0.647. The lowest BCUT2D eigenvalue weighted by molar-refractivity contribution is 0.160. The lowest BCUT2D eigenvalue weighted by Gasteiger charge is -2.24. The number of hydrogen-bond donors (Lipinski definition) is 1. The van der Waals surface area contributed by atoms with Gasteiger partial charge in [-0.05, 0) is 56.5 Å². The summed E-state index contributed by atoms with van der Waals surface area (Å²) in [5.74, 6) is 1.55. The maximum absolute atomic E-state index is 6.02. The average Bonchev–Trinajstić information content (AvgIpc) is 2.91. The van der Waals surface area contributed by atoms with Crippen molar-refractivity contribution in [2.24, 2.45) is 5.92 Å². The molecule has 0 amide bonds. The van der Waals surface area contributed by atoms with Gasteiger partial charge in [-0.1, -0.05) is 13.0 Å². The standard InChI is InChI=1S/C17H27NO2/c1-4-6-18-17(15-5-7-19-11-15)12-20-16-9-13(2)8-14(3)10-16/h8-10,15,17-18H,4-7,11-12H2,1-3H3. The number of benzene rings is 1. The summed E-state index contributed by atoms with van der Waals surface area (Å²) in [4.78, 5) is 0. The molecule has 1 aromatic carbocycles. The van der Waals surface area contributed by atoms with Gasteiger partial charge in [-0.3, -0.25) is 0 Å². The van der Waals surface area contributed by atoms with Crippen molar-refractivity contribution in [3.63, 3.8) is 0 Å². The van der Waals surface area contributed by atoms with Gasteiger partial charge in [0, 0.05) is 18.6 Å². The third kappa shape index (κ3) is 4.50. The van der Waals surface area contributed by atoms with E-state index >= 15 is 0 Å². The number of aryl methyl sites for hydroxylation is 2. The summed E-state index contributed by atoms with van der Waals surface area (Å²) in [6.07, 6.45) is 2.28. The topological polar surface area (TPSA) is 30.5 Å². The van der Waals surface area contributed by atoms with Crippen molar-refractivity contribution in [3.05, 3.63) is 29.3 Å². The Bertz CT molecular complexity index is 393. The summed E-state index contributed by atoms with van der Waals surface area (Å²) in [6.45, 7) is 9.92. The highest BCUT2D eigenvalue weighted by Crippen LogP contribution is 2.20. The average molecular weight is 277 g/mol.